The molecule has 0 amide bonds. The zero-order chi connectivity index (χ0) is 37.8. The van der Waals surface area contributed by atoms with Crippen molar-refractivity contribution in [1.82, 2.24) is 14.1 Å². The molecular weight excluding hydrogens is 685 g/mol. The van der Waals surface area contributed by atoms with Crippen LogP contribution in [-0.2, 0) is 0 Å². The second-order valence-corrected chi connectivity index (χ2v) is 13.8. The molecule has 3 heterocycles. The lowest BCUT2D eigenvalue weighted by atomic mass is 10.00. The minimum Gasteiger partial charge on any atom is -0.307 e. The molecule has 0 N–H and O–H groups in total. The van der Waals surface area contributed by atoms with Gasteiger partial charge in [0.25, 0.3) is 0 Å². The average Bonchev–Trinajstić information content (AvgIpc) is 3.78. The lowest BCUT2D eigenvalue weighted by molar-refractivity contribution is 1.09. The Morgan fingerprint density at radius 2 is 0.946 bits per heavy atom. The van der Waals surface area contributed by atoms with E-state index in [4.69, 9.17) is 11.6 Å². The Balaban J connectivity index is 1.31. The van der Waals surface area contributed by atoms with Crippen molar-refractivity contribution < 1.29 is 0 Å². The molecule has 0 saturated heterocycles. The molecule has 0 bridgehead atoms. The van der Waals surface area contributed by atoms with Crippen LogP contribution in [0.25, 0.3) is 93.2 Å². The normalized spacial score (nSPS) is 11.2. The van der Waals surface area contributed by atoms with E-state index in [9.17, 15) is 10.5 Å². The topological polar surface area (TPSA) is 74.7 Å². The van der Waals surface area contributed by atoms with Gasteiger partial charge in [-0.3, -0.25) is 4.98 Å². The predicted molar refractivity (Wildman–Crippen MR) is 225 cm³/mol. The summed E-state index contributed by atoms with van der Waals surface area (Å²) < 4.78 is 4.59. The lowest BCUT2D eigenvalue weighted by Gasteiger charge is -2.20. The Kier molecular flexibility index (Phi) is 7.53. The van der Waals surface area contributed by atoms with Crippen LogP contribution in [0.15, 0.2) is 170 Å². The molecule has 0 aliphatic rings. The van der Waals surface area contributed by atoms with Crippen molar-refractivity contribution in [3.8, 4) is 56.9 Å². The lowest BCUT2D eigenvalue weighted by Crippen LogP contribution is -2.05. The molecule has 0 spiro atoms. The predicted octanol–water partition coefficient (Wildman–Crippen LogP) is 12.6. The number of para-hydroxylation sites is 2. The Labute approximate surface area is 322 Å². The molecule has 0 saturated carbocycles. The summed E-state index contributed by atoms with van der Waals surface area (Å²) in [4.78, 5) is 8.58. The first-order chi connectivity index (χ1) is 27.6. The molecule has 0 aliphatic carbocycles. The van der Waals surface area contributed by atoms with Crippen LogP contribution < -0.4 is 0 Å². The molecule has 10 aromatic rings. The Bertz CT molecular complexity index is 3130. The van der Waals surface area contributed by atoms with Crippen molar-refractivity contribution in [2.75, 3.05) is 0 Å². The molecule has 10 rings (SSSR count). The SMILES string of the molecule is [C-]#[N+]c1ccc(-c2ccc3c4ccccc4n(-c4cncc(-n5c6ccccc6c6ccc(-c7ccc(C#N)cc7)cc65)c4-c4cccc(C#N)c4)c3c2)cc1. The molecule has 56 heavy (non-hydrogen) atoms. The van der Waals surface area contributed by atoms with Gasteiger partial charge < -0.3 is 9.13 Å². The van der Waals surface area contributed by atoms with Gasteiger partial charge in [0.05, 0.1) is 75.7 Å². The van der Waals surface area contributed by atoms with Crippen molar-refractivity contribution in [1.29, 1.82) is 10.5 Å². The maximum Gasteiger partial charge on any atom is 0.187 e. The van der Waals surface area contributed by atoms with Gasteiger partial charge in [-0.15, -0.1) is 0 Å². The summed E-state index contributed by atoms with van der Waals surface area (Å²) in [6.07, 6.45) is 3.85. The van der Waals surface area contributed by atoms with Gasteiger partial charge in [-0.1, -0.05) is 109 Å². The van der Waals surface area contributed by atoms with Gasteiger partial charge in [0, 0.05) is 27.1 Å². The highest BCUT2D eigenvalue weighted by Crippen LogP contribution is 2.43. The van der Waals surface area contributed by atoms with Gasteiger partial charge in [-0.2, -0.15) is 10.5 Å². The van der Waals surface area contributed by atoms with Crippen LogP contribution in [-0.4, -0.2) is 14.1 Å². The van der Waals surface area contributed by atoms with Crippen LogP contribution >= 0.6 is 0 Å². The first kappa shape index (κ1) is 32.4. The minimum atomic E-state index is 0.564. The largest absolute Gasteiger partial charge is 0.307 e. The first-order valence-corrected chi connectivity index (χ1v) is 18.2. The minimum absolute atomic E-state index is 0.564. The summed E-state index contributed by atoms with van der Waals surface area (Å²) in [5.41, 5.74) is 13.5. The second-order valence-electron chi connectivity index (χ2n) is 13.8. The monoisotopic (exact) mass is 712 g/mol. The van der Waals surface area contributed by atoms with Crippen molar-refractivity contribution in [3.05, 3.63) is 193 Å². The third-order valence-electron chi connectivity index (χ3n) is 10.7. The van der Waals surface area contributed by atoms with Gasteiger partial charge in [0.15, 0.2) is 5.69 Å². The standard InChI is InChI=1S/C50H28N6/c1-53-39-21-17-35(18-22-39)37-20-24-43-41-10-3-5-12-45(41)56(47(43)27-37)49-31-54-30-48(50(49)38-8-6-7-33(25-38)29-52)55-44-11-4-2-9-40(44)42-23-19-36(26-46(42)55)34-15-13-32(28-51)14-16-34/h2-27,30-31H. The van der Waals surface area contributed by atoms with E-state index >= 15 is 0 Å². The maximum absolute atomic E-state index is 10.1. The van der Waals surface area contributed by atoms with Gasteiger partial charge in [0.1, 0.15) is 0 Å². The highest BCUT2D eigenvalue weighted by molar-refractivity contribution is 6.13. The smallest absolute Gasteiger partial charge is 0.187 e. The number of fused-ring (bicyclic) bond motifs is 6. The molecule has 0 aliphatic heterocycles. The van der Waals surface area contributed by atoms with Crippen molar-refractivity contribution in [2.45, 2.75) is 0 Å². The quantitative estimate of drug-likeness (QED) is 0.167. The average molecular weight is 713 g/mol. The highest BCUT2D eigenvalue weighted by atomic mass is 15.0. The molecule has 6 nitrogen and oxygen atoms in total. The fraction of sp³-hybridized carbons (Fsp3) is 0. The van der Waals surface area contributed by atoms with E-state index in [1.807, 2.05) is 79.1 Å². The number of nitrogens with zero attached hydrogens (tertiary/aromatic N) is 6. The van der Waals surface area contributed by atoms with Crippen LogP contribution in [0.2, 0.25) is 0 Å². The zero-order valence-corrected chi connectivity index (χ0v) is 29.8. The van der Waals surface area contributed by atoms with Crippen LogP contribution in [0, 0.1) is 29.2 Å². The third kappa shape index (κ3) is 5.12. The number of nitriles is 2. The maximum atomic E-state index is 10.1. The second kappa shape index (κ2) is 13.0. The summed E-state index contributed by atoms with van der Waals surface area (Å²) >= 11 is 0. The van der Waals surface area contributed by atoms with Crippen LogP contribution in [0.3, 0.4) is 0 Å². The summed E-state index contributed by atoms with van der Waals surface area (Å²) in [6.45, 7) is 7.44. The number of aromatic nitrogens is 3. The van der Waals surface area contributed by atoms with Crippen molar-refractivity contribution in [3.63, 3.8) is 0 Å². The van der Waals surface area contributed by atoms with Crippen molar-refractivity contribution in [2.24, 2.45) is 0 Å². The fourth-order valence-electron chi connectivity index (χ4n) is 8.10. The van der Waals surface area contributed by atoms with E-state index < -0.39 is 0 Å². The molecule has 0 fully saturated rings. The van der Waals surface area contributed by atoms with E-state index in [1.54, 1.807) is 0 Å². The van der Waals surface area contributed by atoms with Crippen molar-refractivity contribution >= 4 is 49.3 Å². The van der Waals surface area contributed by atoms with Crippen LogP contribution in [0.1, 0.15) is 11.1 Å². The molecule has 258 valence electrons. The number of pyridine rings is 1. The third-order valence-corrected chi connectivity index (χ3v) is 10.7. The number of rotatable bonds is 5. The summed E-state index contributed by atoms with van der Waals surface area (Å²) in [6, 6.07) is 57.7. The number of hydrogen-bond acceptors (Lipinski definition) is 3. The van der Waals surface area contributed by atoms with Crippen LogP contribution in [0.5, 0.6) is 0 Å². The summed E-state index contributed by atoms with van der Waals surface area (Å²) in [5.74, 6) is 0. The fourth-order valence-corrected chi connectivity index (χ4v) is 8.10. The molecular formula is C50H28N6. The molecule has 6 heteroatoms. The number of hydrogen-bond donors (Lipinski definition) is 0. The number of benzene rings is 7. The van der Waals surface area contributed by atoms with E-state index in [2.05, 4.69) is 117 Å². The Morgan fingerprint density at radius 1 is 0.446 bits per heavy atom. The van der Waals surface area contributed by atoms with Gasteiger partial charge in [0.2, 0.25) is 0 Å². The molecule has 0 radical (unpaired) electrons. The molecule has 0 atom stereocenters. The summed E-state index contributed by atoms with van der Waals surface area (Å²) in [5, 5.41) is 24.0. The molecule has 3 aromatic heterocycles. The van der Waals surface area contributed by atoms with E-state index in [-0.39, 0.29) is 0 Å². The highest BCUT2D eigenvalue weighted by Gasteiger charge is 2.23. The van der Waals surface area contributed by atoms with E-state index in [0.717, 1.165) is 88.4 Å². The van der Waals surface area contributed by atoms with Gasteiger partial charge in [-0.05, 0) is 76.3 Å². The van der Waals surface area contributed by atoms with E-state index in [0.29, 0.717) is 16.8 Å². The Morgan fingerprint density at radius 3 is 1.48 bits per heavy atom. The van der Waals surface area contributed by atoms with Crippen LogP contribution in [0.4, 0.5) is 5.69 Å². The molecule has 7 aromatic carbocycles. The van der Waals surface area contributed by atoms with Gasteiger partial charge >= 0.3 is 0 Å². The Hall–Kier alpha value is -8.24. The molecule has 0 unspecified atom stereocenters. The van der Waals surface area contributed by atoms with E-state index in [1.165, 1.54) is 0 Å². The summed E-state index contributed by atoms with van der Waals surface area (Å²) in [7, 11) is 0. The first-order valence-electron chi connectivity index (χ1n) is 18.2. The van der Waals surface area contributed by atoms with Gasteiger partial charge in [-0.25, -0.2) is 4.85 Å². The zero-order valence-electron chi connectivity index (χ0n) is 29.8.